The van der Waals surface area contributed by atoms with Crippen LogP contribution in [-0.2, 0) is 11.3 Å². The van der Waals surface area contributed by atoms with E-state index >= 15 is 0 Å². The monoisotopic (exact) mass is 280 g/mol. The van der Waals surface area contributed by atoms with Crippen molar-refractivity contribution in [2.75, 3.05) is 6.54 Å². The van der Waals surface area contributed by atoms with Crippen LogP contribution in [0.5, 0.6) is 0 Å². The van der Waals surface area contributed by atoms with E-state index in [0.717, 1.165) is 24.1 Å². The quantitative estimate of drug-likeness (QED) is 0.772. The maximum Gasteiger partial charge on any atom is 0.326 e. The lowest BCUT2D eigenvalue weighted by molar-refractivity contribution is -0.145. The highest BCUT2D eigenvalue weighted by Crippen LogP contribution is 2.23. The Hall–Kier alpha value is -2.05. The summed E-state index contributed by atoms with van der Waals surface area (Å²) in [6.07, 6.45) is 3.33. The molecule has 1 aromatic rings. The Bertz CT molecular complexity index is 500. The van der Waals surface area contributed by atoms with E-state index in [2.05, 4.69) is 15.5 Å². The number of aromatic amines is 1. The maximum absolute atomic E-state index is 12.2. The standard InChI is InChI=1S/C13H20N4O3/c1-8-4-3-5-17(11(8)12(18)19)13(20)14-6-10-7-15-16-9(10)2/h7-8,11H,3-6H2,1-2H3,(H,14,20)(H,15,16)(H,18,19). The summed E-state index contributed by atoms with van der Waals surface area (Å²) in [5.41, 5.74) is 1.79. The zero-order valence-corrected chi connectivity index (χ0v) is 11.7. The Morgan fingerprint density at radius 2 is 2.35 bits per heavy atom. The van der Waals surface area contributed by atoms with Gasteiger partial charge in [-0.3, -0.25) is 5.10 Å². The molecule has 7 heteroatoms. The molecule has 1 aromatic heterocycles. The normalized spacial score (nSPS) is 22.6. The molecule has 1 aliphatic heterocycles. The van der Waals surface area contributed by atoms with Crippen molar-refractivity contribution >= 4 is 12.0 Å². The molecule has 110 valence electrons. The van der Waals surface area contributed by atoms with Gasteiger partial charge >= 0.3 is 12.0 Å². The highest BCUT2D eigenvalue weighted by atomic mass is 16.4. The van der Waals surface area contributed by atoms with Crippen LogP contribution < -0.4 is 5.32 Å². The fourth-order valence-electron chi connectivity index (χ4n) is 2.62. The molecule has 2 rings (SSSR count). The van der Waals surface area contributed by atoms with Crippen molar-refractivity contribution in [3.8, 4) is 0 Å². The number of amides is 2. The Balaban J connectivity index is 2.00. The molecule has 3 N–H and O–H groups in total. The van der Waals surface area contributed by atoms with Gasteiger partial charge in [0.1, 0.15) is 6.04 Å². The van der Waals surface area contributed by atoms with Crippen LogP contribution >= 0.6 is 0 Å². The summed E-state index contributed by atoms with van der Waals surface area (Å²) in [6, 6.07) is -1.07. The minimum absolute atomic E-state index is 0.0253. The molecule has 1 fully saturated rings. The zero-order chi connectivity index (χ0) is 14.7. The van der Waals surface area contributed by atoms with Crippen LogP contribution in [0, 0.1) is 12.8 Å². The third-order valence-electron chi connectivity index (χ3n) is 3.81. The lowest BCUT2D eigenvalue weighted by Gasteiger charge is -2.37. The zero-order valence-electron chi connectivity index (χ0n) is 11.7. The Morgan fingerprint density at radius 1 is 1.60 bits per heavy atom. The van der Waals surface area contributed by atoms with Crippen molar-refractivity contribution in [1.29, 1.82) is 0 Å². The smallest absolute Gasteiger partial charge is 0.326 e. The second-order valence-corrected chi connectivity index (χ2v) is 5.27. The number of carbonyl (C=O) groups is 2. The summed E-state index contributed by atoms with van der Waals surface area (Å²) >= 11 is 0. The van der Waals surface area contributed by atoms with E-state index in [1.807, 2.05) is 13.8 Å². The van der Waals surface area contributed by atoms with E-state index in [1.165, 1.54) is 4.90 Å². The number of urea groups is 1. The second kappa shape index (κ2) is 5.94. The first-order valence-corrected chi connectivity index (χ1v) is 6.77. The number of aromatic nitrogens is 2. The number of piperidine rings is 1. The van der Waals surface area contributed by atoms with Gasteiger partial charge in [-0.2, -0.15) is 5.10 Å². The minimum Gasteiger partial charge on any atom is -0.480 e. The molecule has 0 spiro atoms. The van der Waals surface area contributed by atoms with Gasteiger partial charge in [-0.05, 0) is 25.7 Å². The average Bonchev–Trinajstić information content (AvgIpc) is 2.80. The Morgan fingerprint density at radius 3 is 2.95 bits per heavy atom. The maximum atomic E-state index is 12.2. The molecule has 7 nitrogen and oxygen atoms in total. The molecule has 0 bridgehead atoms. The van der Waals surface area contributed by atoms with E-state index in [1.54, 1.807) is 6.20 Å². The fraction of sp³-hybridized carbons (Fsp3) is 0.615. The molecular weight excluding hydrogens is 260 g/mol. The van der Waals surface area contributed by atoms with Gasteiger partial charge in [0.25, 0.3) is 0 Å². The van der Waals surface area contributed by atoms with Gasteiger partial charge in [0.15, 0.2) is 0 Å². The number of hydrogen-bond acceptors (Lipinski definition) is 3. The third-order valence-corrected chi connectivity index (χ3v) is 3.81. The average molecular weight is 280 g/mol. The van der Waals surface area contributed by atoms with E-state index in [-0.39, 0.29) is 11.9 Å². The summed E-state index contributed by atoms with van der Waals surface area (Å²) < 4.78 is 0. The number of rotatable bonds is 3. The molecule has 1 aliphatic rings. The van der Waals surface area contributed by atoms with Gasteiger partial charge < -0.3 is 15.3 Å². The van der Waals surface area contributed by atoms with Gasteiger partial charge in [-0.15, -0.1) is 0 Å². The lowest BCUT2D eigenvalue weighted by Crippen LogP contribution is -2.54. The van der Waals surface area contributed by atoms with E-state index in [4.69, 9.17) is 0 Å². The number of aryl methyl sites for hydroxylation is 1. The SMILES string of the molecule is Cc1[nH]ncc1CNC(=O)N1CCCC(C)C1C(=O)O. The number of carboxylic acid groups (broad SMARTS) is 1. The van der Waals surface area contributed by atoms with Crippen LogP contribution in [-0.4, -0.2) is 44.8 Å². The van der Waals surface area contributed by atoms with Crippen LogP contribution in [0.1, 0.15) is 31.0 Å². The molecular formula is C13H20N4O3. The molecule has 2 atom stereocenters. The van der Waals surface area contributed by atoms with Gasteiger partial charge in [0.05, 0.1) is 6.20 Å². The van der Waals surface area contributed by atoms with Gasteiger partial charge in [0, 0.05) is 24.3 Å². The fourth-order valence-corrected chi connectivity index (χ4v) is 2.62. The van der Waals surface area contributed by atoms with Crippen LogP contribution in [0.15, 0.2) is 6.20 Å². The van der Waals surface area contributed by atoms with Crippen LogP contribution in [0.4, 0.5) is 4.79 Å². The number of carboxylic acids is 1. The van der Waals surface area contributed by atoms with E-state index in [0.29, 0.717) is 13.1 Å². The first kappa shape index (κ1) is 14.4. The lowest BCUT2D eigenvalue weighted by atomic mass is 9.91. The van der Waals surface area contributed by atoms with Gasteiger partial charge in [-0.1, -0.05) is 6.92 Å². The molecule has 2 heterocycles. The summed E-state index contributed by atoms with van der Waals surface area (Å²) in [5, 5.41) is 18.7. The van der Waals surface area contributed by atoms with Crippen molar-refractivity contribution in [2.45, 2.75) is 39.3 Å². The molecule has 1 saturated heterocycles. The van der Waals surface area contributed by atoms with Crippen molar-refractivity contribution in [2.24, 2.45) is 5.92 Å². The molecule has 2 amide bonds. The van der Waals surface area contributed by atoms with E-state index < -0.39 is 12.0 Å². The van der Waals surface area contributed by atoms with Crippen molar-refractivity contribution in [3.63, 3.8) is 0 Å². The van der Waals surface area contributed by atoms with E-state index in [9.17, 15) is 14.7 Å². The number of aliphatic carboxylic acids is 1. The molecule has 2 unspecified atom stereocenters. The topological polar surface area (TPSA) is 98.3 Å². The highest BCUT2D eigenvalue weighted by molar-refractivity contribution is 5.83. The summed E-state index contributed by atoms with van der Waals surface area (Å²) in [5.74, 6) is -0.963. The first-order chi connectivity index (χ1) is 9.50. The number of nitrogens with zero attached hydrogens (tertiary/aromatic N) is 2. The molecule has 0 saturated carbocycles. The number of nitrogens with one attached hydrogen (secondary N) is 2. The second-order valence-electron chi connectivity index (χ2n) is 5.27. The van der Waals surface area contributed by atoms with Gasteiger partial charge in [-0.25, -0.2) is 9.59 Å². The molecule has 0 radical (unpaired) electrons. The largest absolute Gasteiger partial charge is 0.480 e. The molecule has 0 aliphatic carbocycles. The number of likely N-dealkylation sites (tertiary alicyclic amines) is 1. The summed E-state index contributed by atoms with van der Waals surface area (Å²) in [7, 11) is 0. The predicted octanol–water partition coefficient (Wildman–Crippen LogP) is 1.11. The number of carbonyl (C=O) groups excluding carboxylic acids is 1. The van der Waals surface area contributed by atoms with Gasteiger partial charge in [0.2, 0.25) is 0 Å². The highest BCUT2D eigenvalue weighted by Gasteiger charge is 2.36. The summed E-state index contributed by atoms with van der Waals surface area (Å²) in [4.78, 5) is 24.9. The Kier molecular flexibility index (Phi) is 4.26. The Labute approximate surface area is 117 Å². The molecule has 20 heavy (non-hydrogen) atoms. The molecule has 0 aromatic carbocycles. The van der Waals surface area contributed by atoms with Crippen molar-refractivity contribution < 1.29 is 14.7 Å². The minimum atomic E-state index is -0.938. The first-order valence-electron chi connectivity index (χ1n) is 6.77. The predicted molar refractivity (Wildman–Crippen MR) is 72.1 cm³/mol. The number of hydrogen-bond donors (Lipinski definition) is 3. The van der Waals surface area contributed by atoms with Crippen LogP contribution in [0.25, 0.3) is 0 Å². The van der Waals surface area contributed by atoms with Crippen LogP contribution in [0.2, 0.25) is 0 Å². The third kappa shape index (κ3) is 2.92. The van der Waals surface area contributed by atoms with Crippen molar-refractivity contribution in [1.82, 2.24) is 20.4 Å². The summed E-state index contributed by atoms with van der Waals surface area (Å²) in [6.45, 7) is 4.58. The van der Waals surface area contributed by atoms with Crippen molar-refractivity contribution in [3.05, 3.63) is 17.5 Å². The van der Waals surface area contributed by atoms with Crippen LogP contribution in [0.3, 0.4) is 0 Å². The number of H-pyrrole nitrogens is 1.